The molecule has 43 heavy (non-hydrogen) atoms. The topological polar surface area (TPSA) is 156 Å². The molecule has 0 bridgehead atoms. The van der Waals surface area contributed by atoms with Gasteiger partial charge in [0.1, 0.15) is 22.6 Å². The average Bonchev–Trinajstić information content (AvgIpc) is 3.34. The zero-order chi connectivity index (χ0) is 31.5. The fraction of sp³-hybridized carbons (Fsp3) is 0.290. The molecule has 0 saturated carbocycles. The smallest absolute Gasteiger partial charge is 0.407 e. The largest absolute Gasteiger partial charge is 0.507 e. The van der Waals surface area contributed by atoms with Gasteiger partial charge in [0.2, 0.25) is 0 Å². The van der Waals surface area contributed by atoms with Gasteiger partial charge in [-0.15, -0.1) is 0 Å². The van der Waals surface area contributed by atoms with Crippen molar-refractivity contribution in [2.45, 2.75) is 44.6 Å². The normalized spacial score (nSPS) is 11.7. The van der Waals surface area contributed by atoms with Crippen LogP contribution in [0.25, 0.3) is 10.9 Å². The molecule has 1 aromatic heterocycles. The molecule has 228 valence electrons. The number of fused-ring (bicyclic) bond motifs is 1. The first-order valence-electron chi connectivity index (χ1n) is 13.5. The van der Waals surface area contributed by atoms with Crippen LogP contribution in [0.2, 0.25) is 0 Å². The number of phenols is 2. The number of aromatic nitrogens is 1. The van der Waals surface area contributed by atoms with E-state index in [4.69, 9.17) is 9.47 Å². The summed E-state index contributed by atoms with van der Waals surface area (Å²) in [6, 6.07) is 13.9. The van der Waals surface area contributed by atoms with Crippen molar-refractivity contribution in [3.05, 3.63) is 77.5 Å². The summed E-state index contributed by atoms with van der Waals surface area (Å²) in [6.45, 7) is 6.83. The molecule has 0 atom stereocenters. The number of ketones is 1. The van der Waals surface area contributed by atoms with Crippen LogP contribution in [-0.2, 0) is 21.2 Å². The van der Waals surface area contributed by atoms with E-state index >= 15 is 0 Å². The maximum absolute atomic E-state index is 13.8. The van der Waals surface area contributed by atoms with Crippen LogP contribution in [0.4, 0.5) is 10.5 Å². The minimum absolute atomic E-state index is 0.0274. The van der Waals surface area contributed by atoms with Gasteiger partial charge in [0.15, 0.2) is 11.5 Å². The number of anilines is 1. The van der Waals surface area contributed by atoms with Crippen molar-refractivity contribution in [3.8, 4) is 17.2 Å². The Labute approximate surface area is 250 Å². The van der Waals surface area contributed by atoms with Crippen molar-refractivity contribution in [2.24, 2.45) is 0 Å². The summed E-state index contributed by atoms with van der Waals surface area (Å²) in [5, 5.41) is 27.9. The van der Waals surface area contributed by atoms with Gasteiger partial charge in [0.05, 0.1) is 24.2 Å². The molecule has 0 aliphatic carbocycles. The van der Waals surface area contributed by atoms with Gasteiger partial charge in [-0.05, 0) is 76.1 Å². The first kappa shape index (κ1) is 31.2. The van der Waals surface area contributed by atoms with Crippen LogP contribution in [0.1, 0.15) is 42.3 Å². The number of ether oxygens (including phenoxy) is 2. The SMILES string of the molecule is COc1ccc(C(=O)CNc2cc(O)c3c(CCNC(=O)OC(C)(C)C)cn(S(=O)(=O)c4ccc(C)cc4)c3c2O)cc1. The minimum atomic E-state index is -4.24. The van der Waals surface area contributed by atoms with E-state index in [0.29, 0.717) is 16.9 Å². The van der Waals surface area contributed by atoms with Crippen LogP contribution in [-0.4, -0.2) is 60.3 Å². The third-order valence-corrected chi connectivity index (χ3v) is 8.23. The van der Waals surface area contributed by atoms with Gasteiger partial charge in [0, 0.05) is 29.8 Å². The lowest BCUT2D eigenvalue weighted by Crippen LogP contribution is -2.33. The second-order valence-corrected chi connectivity index (χ2v) is 12.8. The Morgan fingerprint density at radius 3 is 2.26 bits per heavy atom. The summed E-state index contributed by atoms with van der Waals surface area (Å²) in [6.07, 6.45) is 0.771. The van der Waals surface area contributed by atoms with Crippen molar-refractivity contribution in [3.63, 3.8) is 0 Å². The number of hydrogen-bond donors (Lipinski definition) is 4. The summed E-state index contributed by atoms with van der Waals surface area (Å²) in [5.41, 5.74) is 0.693. The number of rotatable bonds is 10. The number of aryl methyl sites for hydroxylation is 1. The van der Waals surface area contributed by atoms with E-state index in [9.17, 15) is 28.2 Å². The molecule has 0 saturated heterocycles. The highest BCUT2D eigenvalue weighted by Crippen LogP contribution is 2.43. The van der Waals surface area contributed by atoms with Crippen LogP contribution >= 0.6 is 0 Å². The fourth-order valence-electron chi connectivity index (χ4n) is 4.45. The van der Waals surface area contributed by atoms with E-state index < -0.39 is 27.5 Å². The Bertz CT molecular complexity index is 1750. The van der Waals surface area contributed by atoms with E-state index in [1.165, 1.54) is 31.5 Å². The second kappa shape index (κ2) is 12.3. The first-order valence-corrected chi connectivity index (χ1v) is 14.9. The maximum Gasteiger partial charge on any atom is 0.407 e. The summed E-state index contributed by atoms with van der Waals surface area (Å²) >= 11 is 0. The molecule has 12 heteroatoms. The predicted octanol–water partition coefficient (Wildman–Crippen LogP) is 4.97. The molecule has 0 fully saturated rings. The highest BCUT2D eigenvalue weighted by Gasteiger charge is 2.27. The molecule has 4 aromatic rings. The highest BCUT2D eigenvalue weighted by molar-refractivity contribution is 7.90. The Morgan fingerprint density at radius 1 is 1.00 bits per heavy atom. The Kier molecular flexibility index (Phi) is 8.90. The molecule has 3 aromatic carbocycles. The highest BCUT2D eigenvalue weighted by atomic mass is 32.2. The third-order valence-electron chi connectivity index (χ3n) is 6.56. The summed E-state index contributed by atoms with van der Waals surface area (Å²) < 4.78 is 38.8. The molecule has 0 unspecified atom stereocenters. The van der Waals surface area contributed by atoms with E-state index in [1.807, 2.05) is 6.92 Å². The molecule has 0 aliphatic rings. The quantitative estimate of drug-likeness (QED) is 0.111. The number of hydrogen-bond acceptors (Lipinski definition) is 9. The first-order chi connectivity index (χ1) is 20.2. The van der Waals surface area contributed by atoms with E-state index in [0.717, 1.165) is 9.54 Å². The van der Waals surface area contributed by atoms with Crippen LogP contribution in [0.3, 0.4) is 0 Å². The number of amides is 1. The Balaban J connectivity index is 1.72. The molecule has 1 heterocycles. The number of carbonyl (C=O) groups excluding carboxylic acids is 2. The summed E-state index contributed by atoms with van der Waals surface area (Å²) in [5.74, 6) is -0.516. The molecule has 0 aliphatic heterocycles. The number of carbonyl (C=O) groups is 2. The average molecular weight is 610 g/mol. The van der Waals surface area contributed by atoms with Gasteiger partial charge in [-0.2, -0.15) is 0 Å². The zero-order valence-corrected chi connectivity index (χ0v) is 25.4. The zero-order valence-electron chi connectivity index (χ0n) is 24.6. The van der Waals surface area contributed by atoms with Gasteiger partial charge in [-0.25, -0.2) is 17.2 Å². The summed E-state index contributed by atoms with van der Waals surface area (Å²) in [7, 11) is -2.72. The monoisotopic (exact) mass is 609 g/mol. The lowest BCUT2D eigenvalue weighted by Gasteiger charge is -2.19. The Hall–Kier alpha value is -4.71. The number of alkyl carbamates (subject to hydrolysis) is 1. The number of Topliss-reactive ketones (excluding diaryl/α,β-unsaturated/α-hetero) is 1. The fourth-order valence-corrected chi connectivity index (χ4v) is 5.84. The number of benzene rings is 3. The minimum Gasteiger partial charge on any atom is -0.507 e. The van der Waals surface area contributed by atoms with Crippen molar-refractivity contribution in [2.75, 3.05) is 25.5 Å². The van der Waals surface area contributed by atoms with Crippen molar-refractivity contribution < 1.29 is 37.7 Å². The lowest BCUT2D eigenvalue weighted by atomic mass is 10.1. The van der Waals surface area contributed by atoms with Crippen molar-refractivity contribution >= 4 is 38.5 Å². The maximum atomic E-state index is 13.8. The predicted molar refractivity (Wildman–Crippen MR) is 163 cm³/mol. The number of nitrogens with zero attached hydrogens (tertiary/aromatic N) is 1. The molecular formula is C31H35N3O8S. The standard InChI is InChI=1S/C31H35N3O8S/c1-19-6-12-23(13-7-19)43(39,40)34-18-21(14-15-32-30(38)42-31(2,3)4)27-25(35)16-24(29(37)28(27)34)33-17-26(36)20-8-10-22(41-5)11-9-20/h6-13,16,18,33,35,37H,14-15,17H2,1-5H3,(H,32,38). The molecule has 0 radical (unpaired) electrons. The number of methoxy groups -OCH3 is 1. The van der Waals surface area contributed by atoms with E-state index in [1.54, 1.807) is 57.2 Å². The van der Waals surface area contributed by atoms with E-state index in [-0.39, 0.29) is 52.5 Å². The molecule has 4 N–H and O–H groups in total. The van der Waals surface area contributed by atoms with Gasteiger partial charge >= 0.3 is 6.09 Å². The molecule has 4 rings (SSSR count). The van der Waals surface area contributed by atoms with E-state index in [2.05, 4.69) is 10.6 Å². The number of phenolic OH excluding ortho intramolecular Hbond substituents is 2. The van der Waals surface area contributed by atoms with Gasteiger partial charge < -0.3 is 30.3 Å². The van der Waals surface area contributed by atoms with Crippen molar-refractivity contribution in [1.82, 2.24) is 9.29 Å². The number of nitrogens with one attached hydrogen (secondary N) is 2. The van der Waals surface area contributed by atoms with Gasteiger partial charge in [-0.1, -0.05) is 17.7 Å². The lowest BCUT2D eigenvalue weighted by molar-refractivity contribution is 0.0528. The molecule has 11 nitrogen and oxygen atoms in total. The molecular weight excluding hydrogens is 574 g/mol. The summed E-state index contributed by atoms with van der Waals surface area (Å²) in [4.78, 5) is 24.9. The van der Waals surface area contributed by atoms with Crippen LogP contribution in [0.15, 0.2) is 65.7 Å². The van der Waals surface area contributed by atoms with Crippen LogP contribution < -0.4 is 15.4 Å². The van der Waals surface area contributed by atoms with Gasteiger partial charge in [0.25, 0.3) is 10.0 Å². The second-order valence-electron chi connectivity index (χ2n) is 11.0. The molecule has 1 amide bonds. The Morgan fingerprint density at radius 2 is 1.65 bits per heavy atom. The molecule has 0 spiro atoms. The van der Waals surface area contributed by atoms with Crippen molar-refractivity contribution in [1.29, 1.82) is 0 Å². The van der Waals surface area contributed by atoms with Crippen LogP contribution in [0, 0.1) is 6.92 Å². The van der Waals surface area contributed by atoms with Crippen LogP contribution in [0.5, 0.6) is 17.2 Å². The number of aromatic hydroxyl groups is 2. The third kappa shape index (κ3) is 7.03. The van der Waals surface area contributed by atoms with Gasteiger partial charge in [-0.3, -0.25) is 4.79 Å².